The second kappa shape index (κ2) is 5.75. The molecule has 0 unspecified atom stereocenters. The Balaban J connectivity index is 1.82. The average molecular weight is 325 g/mol. The van der Waals surface area contributed by atoms with Crippen LogP contribution in [0.15, 0.2) is 12.1 Å². The molecule has 1 saturated heterocycles. The second-order valence-corrected chi connectivity index (χ2v) is 6.01. The van der Waals surface area contributed by atoms with Gasteiger partial charge in [0, 0.05) is 7.05 Å². The van der Waals surface area contributed by atoms with Crippen LogP contribution >= 0.6 is 0 Å². The summed E-state index contributed by atoms with van der Waals surface area (Å²) in [5.41, 5.74) is 0.489. The van der Waals surface area contributed by atoms with Gasteiger partial charge in [-0.1, -0.05) is 0 Å². The maximum Gasteiger partial charge on any atom is 0.282 e. The van der Waals surface area contributed by atoms with Gasteiger partial charge in [-0.15, -0.1) is 0 Å². The van der Waals surface area contributed by atoms with Crippen LogP contribution in [-0.2, 0) is 4.79 Å². The molecular formula is C15H17F2N3O3. The van der Waals surface area contributed by atoms with E-state index >= 15 is 0 Å². The number of anilines is 1. The number of rotatable bonds is 6. The first-order valence-electron chi connectivity index (χ1n) is 7.39. The SMILES string of the molecule is CN(C=O)C(=O)c1ccc(N2CC(F)(F)C2)c(OCC2CC2)n1. The van der Waals surface area contributed by atoms with E-state index in [0.29, 0.717) is 24.6 Å². The fourth-order valence-corrected chi connectivity index (χ4v) is 2.29. The van der Waals surface area contributed by atoms with Crippen LogP contribution in [0.2, 0.25) is 0 Å². The van der Waals surface area contributed by atoms with Gasteiger partial charge in [-0.05, 0) is 30.9 Å². The maximum absolute atomic E-state index is 13.1. The molecule has 2 fully saturated rings. The third kappa shape index (κ3) is 3.40. The fraction of sp³-hybridized carbons (Fsp3) is 0.533. The molecule has 3 rings (SSSR count). The van der Waals surface area contributed by atoms with Crippen molar-refractivity contribution in [2.24, 2.45) is 5.92 Å². The quantitative estimate of drug-likeness (QED) is 0.743. The Bertz CT molecular complexity index is 626. The van der Waals surface area contributed by atoms with E-state index < -0.39 is 24.9 Å². The van der Waals surface area contributed by atoms with Gasteiger partial charge in [0.15, 0.2) is 0 Å². The van der Waals surface area contributed by atoms with Crippen molar-refractivity contribution in [1.29, 1.82) is 0 Å². The summed E-state index contributed by atoms with van der Waals surface area (Å²) in [5, 5.41) is 0. The highest BCUT2D eigenvalue weighted by Crippen LogP contribution is 2.37. The standard InChI is InChI=1S/C15H17F2N3O3/c1-19(9-21)14(22)11-4-5-12(20-7-15(16,17)8-20)13(18-11)23-6-10-2-3-10/h4-5,9-10H,2-3,6-8H2,1H3. The van der Waals surface area contributed by atoms with E-state index in [0.717, 1.165) is 17.7 Å². The van der Waals surface area contributed by atoms with Gasteiger partial charge in [-0.25, -0.2) is 13.8 Å². The predicted molar refractivity (Wildman–Crippen MR) is 77.8 cm³/mol. The van der Waals surface area contributed by atoms with E-state index in [-0.39, 0.29) is 11.6 Å². The molecule has 6 nitrogen and oxygen atoms in total. The zero-order chi connectivity index (χ0) is 16.6. The molecular weight excluding hydrogens is 308 g/mol. The lowest BCUT2D eigenvalue weighted by molar-refractivity contribution is -0.115. The molecule has 2 aliphatic rings. The van der Waals surface area contributed by atoms with Crippen LogP contribution in [0.3, 0.4) is 0 Å². The number of hydrogen-bond acceptors (Lipinski definition) is 5. The third-order valence-electron chi connectivity index (χ3n) is 3.88. The largest absolute Gasteiger partial charge is 0.476 e. The molecule has 8 heteroatoms. The molecule has 1 aromatic rings. The number of alkyl halides is 2. The highest BCUT2D eigenvalue weighted by molar-refractivity contribution is 5.98. The normalized spacial score (nSPS) is 19.0. The number of nitrogens with zero attached hydrogens (tertiary/aromatic N) is 3. The summed E-state index contributed by atoms with van der Waals surface area (Å²) in [4.78, 5) is 29.1. The average Bonchev–Trinajstić information content (AvgIpc) is 3.33. The smallest absolute Gasteiger partial charge is 0.282 e. The molecule has 1 aliphatic carbocycles. The minimum Gasteiger partial charge on any atom is -0.476 e. The number of hydrogen-bond donors (Lipinski definition) is 0. The molecule has 124 valence electrons. The van der Waals surface area contributed by atoms with Crippen LogP contribution in [0.5, 0.6) is 5.88 Å². The van der Waals surface area contributed by atoms with E-state index in [9.17, 15) is 18.4 Å². The lowest BCUT2D eigenvalue weighted by atomic mass is 10.1. The minimum atomic E-state index is -2.71. The zero-order valence-corrected chi connectivity index (χ0v) is 12.7. The van der Waals surface area contributed by atoms with Gasteiger partial charge in [0.05, 0.1) is 19.7 Å². The Morgan fingerprint density at radius 2 is 2.17 bits per heavy atom. The molecule has 0 spiro atoms. The van der Waals surface area contributed by atoms with Gasteiger partial charge in [0.25, 0.3) is 11.8 Å². The van der Waals surface area contributed by atoms with Crippen molar-refractivity contribution in [3.63, 3.8) is 0 Å². The van der Waals surface area contributed by atoms with Gasteiger partial charge >= 0.3 is 0 Å². The summed E-state index contributed by atoms with van der Waals surface area (Å²) in [6, 6.07) is 2.95. The van der Waals surface area contributed by atoms with E-state index in [1.165, 1.54) is 24.1 Å². The molecule has 0 N–H and O–H groups in total. The van der Waals surface area contributed by atoms with Gasteiger partial charge in [0.1, 0.15) is 11.4 Å². The van der Waals surface area contributed by atoms with Crippen LogP contribution in [-0.4, -0.2) is 54.9 Å². The molecule has 2 amide bonds. The maximum atomic E-state index is 13.1. The summed E-state index contributed by atoms with van der Waals surface area (Å²) < 4.78 is 31.8. The molecule has 0 radical (unpaired) electrons. The molecule has 23 heavy (non-hydrogen) atoms. The Morgan fingerprint density at radius 3 is 2.74 bits per heavy atom. The summed E-state index contributed by atoms with van der Waals surface area (Å²) >= 11 is 0. The zero-order valence-electron chi connectivity index (χ0n) is 12.7. The van der Waals surface area contributed by atoms with E-state index in [1.807, 2.05) is 0 Å². The summed E-state index contributed by atoms with van der Waals surface area (Å²) in [5.74, 6) is -2.66. The summed E-state index contributed by atoms with van der Waals surface area (Å²) in [6.07, 6.45) is 2.53. The van der Waals surface area contributed by atoms with Gasteiger partial charge in [-0.2, -0.15) is 0 Å². The predicted octanol–water partition coefficient (Wildman–Crippen LogP) is 1.55. The van der Waals surface area contributed by atoms with Crippen molar-refractivity contribution >= 4 is 18.0 Å². The first-order valence-corrected chi connectivity index (χ1v) is 7.39. The van der Waals surface area contributed by atoms with Crippen molar-refractivity contribution in [1.82, 2.24) is 9.88 Å². The van der Waals surface area contributed by atoms with Crippen LogP contribution in [0.4, 0.5) is 14.5 Å². The molecule has 1 aliphatic heterocycles. The van der Waals surface area contributed by atoms with Crippen LogP contribution in [0.1, 0.15) is 23.3 Å². The van der Waals surface area contributed by atoms with Crippen molar-refractivity contribution in [3.05, 3.63) is 17.8 Å². The number of carbonyl (C=O) groups is 2. The number of aromatic nitrogens is 1. The van der Waals surface area contributed by atoms with Crippen LogP contribution < -0.4 is 9.64 Å². The minimum absolute atomic E-state index is 0.0430. The van der Waals surface area contributed by atoms with Crippen molar-refractivity contribution in [2.75, 3.05) is 31.6 Å². The van der Waals surface area contributed by atoms with Crippen molar-refractivity contribution < 1.29 is 23.1 Å². The van der Waals surface area contributed by atoms with Crippen LogP contribution in [0, 0.1) is 5.92 Å². The number of amides is 2. The highest BCUT2D eigenvalue weighted by Gasteiger charge is 2.45. The molecule has 0 atom stereocenters. The monoisotopic (exact) mass is 325 g/mol. The lowest BCUT2D eigenvalue weighted by Gasteiger charge is -2.40. The topological polar surface area (TPSA) is 62.7 Å². The molecule has 1 aromatic heterocycles. The van der Waals surface area contributed by atoms with E-state index in [1.54, 1.807) is 0 Å². The number of carbonyl (C=O) groups excluding carboxylic acids is 2. The second-order valence-electron chi connectivity index (χ2n) is 6.01. The molecule has 0 bridgehead atoms. The highest BCUT2D eigenvalue weighted by atomic mass is 19.3. The Hall–Kier alpha value is -2.25. The Kier molecular flexibility index (Phi) is 3.91. The van der Waals surface area contributed by atoms with Crippen LogP contribution in [0.25, 0.3) is 0 Å². The van der Waals surface area contributed by atoms with E-state index in [2.05, 4.69) is 4.98 Å². The van der Waals surface area contributed by atoms with Gasteiger partial charge in [-0.3, -0.25) is 14.5 Å². The van der Waals surface area contributed by atoms with Gasteiger partial charge < -0.3 is 9.64 Å². The molecule has 0 aromatic carbocycles. The van der Waals surface area contributed by atoms with Crippen molar-refractivity contribution in [2.45, 2.75) is 18.8 Å². The third-order valence-corrected chi connectivity index (χ3v) is 3.88. The van der Waals surface area contributed by atoms with Crippen molar-refractivity contribution in [3.8, 4) is 5.88 Å². The Labute approximate surface area is 132 Å². The summed E-state index contributed by atoms with van der Waals surface area (Å²) in [7, 11) is 1.33. The van der Waals surface area contributed by atoms with Gasteiger partial charge in [0.2, 0.25) is 12.3 Å². The number of imide groups is 1. The molecule has 2 heterocycles. The first kappa shape index (κ1) is 15.6. The first-order chi connectivity index (χ1) is 10.9. The number of halogens is 2. The number of ether oxygens (including phenoxy) is 1. The summed E-state index contributed by atoms with van der Waals surface area (Å²) in [6.45, 7) is -0.336. The Morgan fingerprint density at radius 1 is 1.48 bits per heavy atom. The number of pyridine rings is 1. The fourth-order valence-electron chi connectivity index (χ4n) is 2.29. The van der Waals surface area contributed by atoms with E-state index in [4.69, 9.17) is 4.74 Å². The lowest BCUT2D eigenvalue weighted by Crippen LogP contribution is -2.56. The molecule has 1 saturated carbocycles.